The third kappa shape index (κ3) is 2.19. The normalized spacial score (nSPS) is 23.3. The number of fused-ring (bicyclic) bond motifs is 3. The quantitative estimate of drug-likeness (QED) is 0.742. The second-order valence-electron chi connectivity index (χ2n) is 5.94. The van der Waals surface area contributed by atoms with Gasteiger partial charge in [-0.05, 0) is 23.3 Å². The zero-order valence-corrected chi connectivity index (χ0v) is 13.0. The fourth-order valence-electron chi connectivity index (χ4n) is 3.15. The van der Waals surface area contributed by atoms with Gasteiger partial charge in [0.2, 0.25) is 0 Å². The summed E-state index contributed by atoms with van der Waals surface area (Å²) in [4.78, 5) is 15.3. The van der Waals surface area contributed by atoms with E-state index in [1.165, 1.54) is 27.5 Å². The number of amides is 1. The van der Waals surface area contributed by atoms with Crippen molar-refractivity contribution in [2.45, 2.75) is 19.1 Å². The van der Waals surface area contributed by atoms with Gasteiger partial charge in [-0.15, -0.1) is 11.3 Å². The summed E-state index contributed by atoms with van der Waals surface area (Å²) in [6.07, 6.45) is 0.648. The molecule has 0 saturated heterocycles. The van der Waals surface area contributed by atoms with Crippen molar-refractivity contribution in [1.29, 1.82) is 0 Å². The average molecular weight is 318 g/mol. The van der Waals surface area contributed by atoms with Crippen LogP contribution in [0, 0.1) is 5.82 Å². The number of carbonyl (C=O) groups excluding carboxylic acids is 1. The summed E-state index contributed by atoms with van der Waals surface area (Å²) in [5.74, 6) is -0.302. The van der Waals surface area contributed by atoms with Gasteiger partial charge in [0.1, 0.15) is 23.5 Å². The lowest BCUT2D eigenvalue weighted by atomic mass is 10.0. The fourth-order valence-corrected chi connectivity index (χ4v) is 4.54. The first-order chi connectivity index (χ1) is 10.6. The summed E-state index contributed by atoms with van der Waals surface area (Å²) in [5.41, 5.74) is 2.87. The van der Waals surface area contributed by atoms with Gasteiger partial charge in [0.15, 0.2) is 0 Å². The zero-order valence-electron chi connectivity index (χ0n) is 12.2. The van der Waals surface area contributed by atoms with Crippen molar-refractivity contribution in [3.05, 3.63) is 51.7 Å². The van der Waals surface area contributed by atoms with Crippen molar-refractivity contribution in [2.24, 2.45) is 0 Å². The molecule has 0 bridgehead atoms. The Hall–Kier alpha value is -1.92. The molecule has 1 amide bonds. The molecule has 2 aliphatic heterocycles. The van der Waals surface area contributed by atoms with Crippen LogP contribution < -0.4 is 15.5 Å². The number of rotatable bonds is 1. The summed E-state index contributed by atoms with van der Waals surface area (Å²) >= 11 is 1.68. The van der Waals surface area contributed by atoms with Crippen LogP contribution in [0.15, 0.2) is 24.3 Å². The second kappa shape index (κ2) is 5.07. The molecule has 3 heterocycles. The van der Waals surface area contributed by atoms with Gasteiger partial charge in [0, 0.05) is 6.42 Å². The smallest absolute Gasteiger partial charge is 0.256 e. The van der Waals surface area contributed by atoms with E-state index in [-0.39, 0.29) is 17.9 Å². The summed E-state index contributed by atoms with van der Waals surface area (Å²) in [5, 5.41) is 7.32. The van der Waals surface area contributed by atoms with Crippen LogP contribution in [0.1, 0.15) is 32.5 Å². The first-order valence-corrected chi connectivity index (χ1v) is 8.22. The number of hydrogen-bond acceptors (Lipinski definition) is 3. The highest BCUT2D eigenvalue weighted by Gasteiger charge is 2.33. The molecule has 114 valence electrons. The molecule has 3 N–H and O–H groups in total. The maximum Gasteiger partial charge on any atom is 0.256 e. The van der Waals surface area contributed by atoms with Crippen molar-refractivity contribution < 1.29 is 14.1 Å². The maximum atomic E-state index is 13.1. The number of nitrogens with one attached hydrogen (secondary N) is 3. The second-order valence-corrected chi connectivity index (χ2v) is 7.05. The van der Waals surface area contributed by atoms with Gasteiger partial charge < -0.3 is 15.5 Å². The predicted molar refractivity (Wildman–Crippen MR) is 83.7 cm³/mol. The van der Waals surface area contributed by atoms with Crippen LogP contribution in [0.4, 0.5) is 9.39 Å². The molecule has 1 aromatic carbocycles. The number of likely N-dealkylation sites (N-methyl/N-ethyl adjacent to an activating group) is 1. The summed E-state index contributed by atoms with van der Waals surface area (Å²) in [6.45, 7) is 2.04. The Kier molecular flexibility index (Phi) is 3.16. The number of benzene rings is 1. The fraction of sp³-hybridized carbons (Fsp3) is 0.312. The molecule has 0 spiro atoms. The Labute approximate surface area is 131 Å². The Morgan fingerprint density at radius 1 is 1.27 bits per heavy atom. The lowest BCUT2D eigenvalue weighted by Gasteiger charge is -2.27. The zero-order chi connectivity index (χ0) is 15.3. The molecule has 0 saturated carbocycles. The van der Waals surface area contributed by atoms with Crippen LogP contribution >= 0.6 is 11.3 Å². The lowest BCUT2D eigenvalue weighted by molar-refractivity contribution is -0.895. The van der Waals surface area contributed by atoms with E-state index < -0.39 is 0 Å². The van der Waals surface area contributed by atoms with E-state index in [1.54, 1.807) is 23.5 Å². The molecular weight excluding hydrogens is 301 g/mol. The van der Waals surface area contributed by atoms with Crippen molar-refractivity contribution in [2.75, 3.05) is 18.9 Å². The van der Waals surface area contributed by atoms with Crippen LogP contribution in [0.2, 0.25) is 0 Å². The summed E-state index contributed by atoms with van der Waals surface area (Å²) in [7, 11) is 2.18. The molecule has 22 heavy (non-hydrogen) atoms. The molecule has 4 rings (SSSR count). The highest BCUT2D eigenvalue weighted by molar-refractivity contribution is 7.16. The maximum absolute atomic E-state index is 13.1. The third-order valence-electron chi connectivity index (χ3n) is 4.34. The van der Waals surface area contributed by atoms with Gasteiger partial charge in [-0.2, -0.15) is 0 Å². The van der Waals surface area contributed by atoms with E-state index in [2.05, 4.69) is 17.7 Å². The van der Waals surface area contributed by atoms with Gasteiger partial charge in [-0.25, -0.2) is 4.39 Å². The largest absolute Gasteiger partial charge is 0.353 e. The minimum atomic E-state index is -0.300. The topological polar surface area (TPSA) is 45.6 Å². The van der Waals surface area contributed by atoms with E-state index in [9.17, 15) is 9.18 Å². The first kappa shape index (κ1) is 13.7. The van der Waals surface area contributed by atoms with E-state index >= 15 is 0 Å². The van der Waals surface area contributed by atoms with Crippen molar-refractivity contribution in [3.8, 4) is 0 Å². The number of anilines is 1. The Morgan fingerprint density at radius 3 is 2.82 bits per heavy atom. The van der Waals surface area contributed by atoms with Crippen LogP contribution in [0.3, 0.4) is 0 Å². The SMILES string of the molecule is C[NH+]1CCc2c(sc3c2C(=O)N[C@@H](c2ccc(F)cc2)N3)C1. The van der Waals surface area contributed by atoms with Crippen molar-refractivity contribution in [1.82, 2.24) is 5.32 Å². The van der Waals surface area contributed by atoms with Crippen LogP contribution in [-0.4, -0.2) is 19.5 Å². The molecule has 0 aliphatic carbocycles. The highest BCUT2D eigenvalue weighted by Crippen LogP contribution is 2.38. The summed E-state index contributed by atoms with van der Waals surface area (Å²) < 4.78 is 13.1. The molecular formula is C16H17FN3OS+. The van der Waals surface area contributed by atoms with E-state index in [0.29, 0.717) is 0 Å². The minimum Gasteiger partial charge on any atom is -0.353 e. The number of thiophene rings is 1. The van der Waals surface area contributed by atoms with Crippen LogP contribution in [-0.2, 0) is 13.0 Å². The molecule has 0 fully saturated rings. The average Bonchev–Trinajstić information content (AvgIpc) is 2.85. The predicted octanol–water partition coefficient (Wildman–Crippen LogP) is 1.31. The monoisotopic (exact) mass is 318 g/mol. The first-order valence-electron chi connectivity index (χ1n) is 7.40. The Bertz CT molecular complexity index is 741. The number of hydrogen-bond donors (Lipinski definition) is 3. The Morgan fingerprint density at radius 2 is 2.05 bits per heavy atom. The van der Waals surface area contributed by atoms with Gasteiger partial charge in [-0.3, -0.25) is 4.79 Å². The minimum absolute atomic E-state index is 0.0277. The van der Waals surface area contributed by atoms with Gasteiger partial charge in [0.05, 0.1) is 24.0 Å². The lowest BCUT2D eigenvalue weighted by Crippen LogP contribution is -3.08. The molecule has 2 aromatic rings. The van der Waals surface area contributed by atoms with Gasteiger partial charge in [-0.1, -0.05) is 12.1 Å². The van der Waals surface area contributed by atoms with Gasteiger partial charge in [0.25, 0.3) is 5.91 Å². The number of halogens is 1. The van der Waals surface area contributed by atoms with Crippen molar-refractivity contribution >= 4 is 22.2 Å². The van der Waals surface area contributed by atoms with E-state index in [4.69, 9.17) is 0 Å². The van der Waals surface area contributed by atoms with Crippen molar-refractivity contribution in [3.63, 3.8) is 0 Å². The van der Waals surface area contributed by atoms with Gasteiger partial charge >= 0.3 is 0 Å². The molecule has 1 aromatic heterocycles. The molecule has 2 aliphatic rings. The highest BCUT2D eigenvalue weighted by atomic mass is 32.1. The summed E-state index contributed by atoms with van der Waals surface area (Å²) in [6, 6.07) is 6.22. The molecule has 1 unspecified atom stereocenters. The molecule has 4 nitrogen and oxygen atoms in total. The van der Waals surface area contributed by atoms with Crippen LogP contribution in [0.5, 0.6) is 0 Å². The molecule has 6 heteroatoms. The number of quaternary nitrogens is 1. The molecule has 0 radical (unpaired) electrons. The van der Waals surface area contributed by atoms with E-state index in [1.807, 2.05) is 0 Å². The standard InChI is InChI=1S/C16H16FN3OS/c1-20-7-6-11-12(8-20)22-16-13(11)15(21)18-14(19-16)9-2-4-10(17)5-3-9/h2-5,14,19H,6-8H2,1H3,(H,18,21)/p+1/t14-/m1/s1. The Balaban J connectivity index is 1.69. The number of carbonyl (C=O) groups is 1. The van der Waals surface area contributed by atoms with Crippen LogP contribution in [0.25, 0.3) is 0 Å². The van der Waals surface area contributed by atoms with E-state index in [0.717, 1.165) is 35.6 Å². The third-order valence-corrected chi connectivity index (χ3v) is 5.50. The molecule has 2 atom stereocenters.